The van der Waals surface area contributed by atoms with Crippen molar-refractivity contribution in [3.8, 4) is 5.75 Å². The summed E-state index contributed by atoms with van der Waals surface area (Å²) in [7, 11) is 3.79. The number of nitrogens with one attached hydrogen (secondary N) is 1. The van der Waals surface area contributed by atoms with Crippen molar-refractivity contribution in [2.45, 2.75) is 68.9 Å². The van der Waals surface area contributed by atoms with Crippen LogP contribution in [0.25, 0.3) is 0 Å². The Morgan fingerprint density at radius 1 is 1.18 bits per heavy atom. The lowest BCUT2D eigenvalue weighted by Gasteiger charge is -2.36. The number of ether oxygens (including phenoxy) is 1. The van der Waals surface area contributed by atoms with Crippen molar-refractivity contribution in [3.63, 3.8) is 0 Å². The molecule has 0 aliphatic carbocycles. The average molecular weight is 423 g/mol. The fraction of sp³-hybridized carbons (Fsp3) is 0.619. The first kappa shape index (κ1) is 20.6. The minimum Gasteiger partial charge on any atom is -0.487 e. The summed E-state index contributed by atoms with van der Waals surface area (Å²) in [6.45, 7) is 9.12. The van der Waals surface area contributed by atoms with Gasteiger partial charge in [0.05, 0.1) is 11.1 Å². The zero-order valence-corrected chi connectivity index (χ0v) is 18.6. The number of aliphatic hydroxyl groups excluding tert-OH is 1. The molecule has 0 bridgehead atoms. The number of hydrogen-bond acceptors (Lipinski definition) is 7. The van der Waals surface area contributed by atoms with Crippen LogP contribution in [-0.2, 0) is 17.9 Å². The number of fused-ring (bicyclic) bond motifs is 2. The summed E-state index contributed by atoms with van der Waals surface area (Å²) in [6.07, 6.45) is 2.09. The number of nitrogens with zero attached hydrogens (tertiary/aromatic N) is 1. The topological polar surface area (TPSA) is 65.0 Å². The Morgan fingerprint density at radius 2 is 1.86 bits per heavy atom. The maximum Gasteiger partial charge on any atom is 0.130 e. The van der Waals surface area contributed by atoms with Crippen LogP contribution >= 0.6 is 21.6 Å². The number of aliphatic hydroxyl groups is 1. The Hall–Kier alpha value is -0.700. The maximum atomic E-state index is 10.7. The van der Waals surface area contributed by atoms with Gasteiger partial charge < -0.3 is 20.4 Å². The van der Waals surface area contributed by atoms with E-state index in [1.807, 2.05) is 49.3 Å². The summed E-state index contributed by atoms with van der Waals surface area (Å²) in [5.41, 5.74) is 4.31. The molecule has 0 radical (unpaired) electrons. The van der Waals surface area contributed by atoms with Crippen molar-refractivity contribution < 1.29 is 15.1 Å². The molecular weight excluding hydrogens is 392 g/mol. The molecule has 0 aromatic heterocycles. The molecule has 0 amide bonds. The maximum absolute atomic E-state index is 10.7. The predicted molar refractivity (Wildman–Crippen MR) is 116 cm³/mol. The van der Waals surface area contributed by atoms with E-state index in [0.29, 0.717) is 13.1 Å². The SMILES string of the molecule is CC1(C)C=C(CNCC(O)C2Cc3cc4c(cc3O2)CSSC4)C(C)(C)N1O. The van der Waals surface area contributed by atoms with Crippen LogP contribution in [0.2, 0.25) is 0 Å². The van der Waals surface area contributed by atoms with E-state index < -0.39 is 11.6 Å². The Balaban J connectivity index is 1.33. The summed E-state index contributed by atoms with van der Waals surface area (Å²) in [4.78, 5) is 0. The van der Waals surface area contributed by atoms with Gasteiger partial charge in [-0.2, -0.15) is 5.06 Å². The average Bonchev–Trinajstić information content (AvgIpc) is 3.12. The zero-order chi connectivity index (χ0) is 20.1. The Labute approximate surface area is 175 Å². The minimum absolute atomic E-state index is 0.206. The van der Waals surface area contributed by atoms with E-state index in [0.717, 1.165) is 29.2 Å². The van der Waals surface area contributed by atoms with Crippen molar-refractivity contribution in [2.24, 2.45) is 0 Å². The molecule has 5 nitrogen and oxygen atoms in total. The lowest BCUT2D eigenvalue weighted by molar-refractivity contribution is -0.185. The third-order valence-corrected chi connectivity index (χ3v) is 8.31. The fourth-order valence-corrected chi connectivity index (χ4v) is 6.60. The molecule has 0 fully saturated rings. The fourth-order valence-electron chi connectivity index (χ4n) is 4.38. The van der Waals surface area contributed by atoms with Gasteiger partial charge in [-0.15, -0.1) is 0 Å². The van der Waals surface area contributed by atoms with Crippen LogP contribution in [0.1, 0.15) is 44.4 Å². The van der Waals surface area contributed by atoms with E-state index >= 15 is 0 Å². The second-order valence-corrected chi connectivity index (χ2v) is 11.5. The van der Waals surface area contributed by atoms with Gasteiger partial charge in [-0.05, 0) is 56.0 Å². The summed E-state index contributed by atoms with van der Waals surface area (Å²) < 4.78 is 6.08. The summed E-state index contributed by atoms with van der Waals surface area (Å²) in [5, 5.41) is 25.8. The van der Waals surface area contributed by atoms with Crippen LogP contribution in [0.5, 0.6) is 5.75 Å². The highest BCUT2D eigenvalue weighted by atomic mass is 33.1. The highest BCUT2D eigenvalue weighted by molar-refractivity contribution is 8.76. The highest BCUT2D eigenvalue weighted by Crippen LogP contribution is 2.42. The van der Waals surface area contributed by atoms with Crippen LogP contribution in [0.3, 0.4) is 0 Å². The van der Waals surface area contributed by atoms with E-state index in [1.165, 1.54) is 21.8 Å². The summed E-state index contributed by atoms with van der Waals surface area (Å²) in [5.74, 6) is 3.01. The Morgan fingerprint density at radius 3 is 2.50 bits per heavy atom. The molecule has 28 heavy (non-hydrogen) atoms. The lowest BCUT2D eigenvalue weighted by atomic mass is 9.96. The third-order valence-electron chi connectivity index (χ3n) is 6.08. The molecule has 0 spiro atoms. The zero-order valence-electron chi connectivity index (χ0n) is 17.0. The van der Waals surface area contributed by atoms with E-state index in [9.17, 15) is 10.3 Å². The van der Waals surface area contributed by atoms with Gasteiger partial charge in [0.2, 0.25) is 0 Å². The van der Waals surface area contributed by atoms with Crippen LogP contribution in [0.4, 0.5) is 0 Å². The second-order valence-electron chi connectivity index (χ2n) is 9.01. The number of benzene rings is 1. The van der Waals surface area contributed by atoms with Crippen LogP contribution in [-0.4, -0.2) is 51.8 Å². The van der Waals surface area contributed by atoms with Gasteiger partial charge in [-0.1, -0.05) is 33.7 Å². The normalized spacial score (nSPS) is 26.4. The number of rotatable bonds is 5. The molecule has 4 rings (SSSR count). The van der Waals surface area contributed by atoms with Crippen molar-refractivity contribution in [1.82, 2.24) is 10.4 Å². The summed E-state index contributed by atoms with van der Waals surface area (Å²) >= 11 is 0. The summed E-state index contributed by atoms with van der Waals surface area (Å²) in [6, 6.07) is 4.43. The van der Waals surface area contributed by atoms with Gasteiger partial charge in [-0.25, -0.2) is 0 Å². The lowest BCUT2D eigenvalue weighted by Crippen LogP contribution is -2.49. The smallest absolute Gasteiger partial charge is 0.130 e. The molecule has 2 atom stereocenters. The Bertz CT molecular complexity index is 759. The monoisotopic (exact) mass is 422 g/mol. The van der Waals surface area contributed by atoms with Crippen LogP contribution < -0.4 is 10.1 Å². The molecule has 3 N–H and O–H groups in total. The molecule has 0 saturated carbocycles. The van der Waals surface area contributed by atoms with E-state index in [4.69, 9.17) is 4.74 Å². The first-order valence-electron chi connectivity index (χ1n) is 9.84. The van der Waals surface area contributed by atoms with Crippen molar-refractivity contribution >= 4 is 21.6 Å². The van der Waals surface area contributed by atoms with Gasteiger partial charge in [0, 0.05) is 31.0 Å². The predicted octanol–water partition coefficient (Wildman–Crippen LogP) is 3.52. The first-order chi connectivity index (χ1) is 13.2. The van der Waals surface area contributed by atoms with Crippen molar-refractivity contribution in [1.29, 1.82) is 0 Å². The van der Waals surface area contributed by atoms with E-state index in [1.54, 1.807) is 0 Å². The Kier molecular flexibility index (Phi) is 5.53. The van der Waals surface area contributed by atoms with Crippen molar-refractivity contribution in [2.75, 3.05) is 13.1 Å². The van der Waals surface area contributed by atoms with Crippen LogP contribution in [0, 0.1) is 0 Å². The van der Waals surface area contributed by atoms with Gasteiger partial charge in [0.1, 0.15) is 18.0 Å². The van der Waals surface area contributed by atoms with Gasteiger partial charge >= 0.3 is 0 Å². The molecular formula is C21H30N2O3S2. The highest BCUT2D eigenvalue weighted by Gasteiger charge is 2.44. The van der Waals surface area contributed by atoms with Gasteiger partial charge in [-0.3, -0.25) is 0 Å². The molecule has 3 aliphatic rings. The quantitative estimate of drug-likeness (QED) is 0.496. The molecule has 1 aromatic rings. The van der Waals surface area contributed by atoms with Crippen LogP contribution in [0.15, 0.2) is 23.8 Å². The molecule has 1 aromatic carbocycles. The minimum atomic E-state index is -0.573. The number of hydroxylamine groups is 2. The third kappa shape index (κ3) is 3.73. The largest absolute Gasteiger partial charge is 0.487 e. The molecule has 2 unspecified atom stereocenters. The first-order valence-corrected chi connectivity index (χ1v) is 12.3. The number of hydrogen-bond donors (Lipinski definition) is 3. The molecule has 7 heteroatoms. The van der Waals surface area contributed by atoms with E-state index in [2.05, 4.69) is 23.5 Å². The molecule has 154 valence electrons. The molecule has 3 aliphatic heterocycles. The second kappa shape index (κ2) is 7.52. The van der Waals surface area contributed by atoms with Crippen molar-refractivity contribution in [3.05, 3.63) is 40.5 Å². The standard InChI is InChI=1S/C21H30N2O3S2/c1-20(2)8-16(21(3,4)23(20)25)9-22-10-17(24)19-6-13-5-14-11-27-28-12-15(14)7-18(13)26-19/h5,7-8,17,19,22,24-25H,6,9-12H2,1-4H3. The van der Waals surface area contributed by atoms with Gasteiger partial charge in [0.15, 0.2) is 0 Å². The van der Waals surface area contributed by atoms with E-state index in [-0.39, 0.29) is 11.6 Å². The van der Waals surface area contributed by atoms with Gasteiger partial charge in [0.25, 0.3) is 0 Å². The molecule has 3 heterocycles. The molecule has 0 saturated heterocycles.